The van der Waals surface area contributed by atoms with E-state index in [4.69, 9.17) is 5.73 Å². The lowest BCUT2D eigenvalue weighted by molar-refractivity contribution is -0.00307. The van der Waals surface area contributed by atoms with E-state index in [-0.39, 0.29) is 24.2 Å². The normalized spacial score (nSPS) is 14.6. The number of nitrogens with two attached hydrogens (primary N) is 1. The van der Waals surface area contributed by atoms with Gasteiger partial charge in [0.2, 0.25) is 0 Å². The van der Waals surface area contributed by atoms with Crippen molar-refractivity contribution in [2.24, 2.45) is 5.73 Å². The fourth-order valence-electron chi connectivity index (χ4n) is 1.75. The molecule has 0 unspecified atom stereocenters. The summed E-state index contributed by atoms with van der Waals surface area (Å²) in [6, 6.07) is 1.48. The average Bonchev–Trinajstić information content (AvgIpc) is 2.34. The molecule has 21 heavy (non-hydrogen) atoms. The molecule has 4 N–H and O–H groups in total. The SMILES string of the molecule is C[C@H](F)CNc1ccnc(C[C@@H](F)C(C)(C)O)c1C(N)=O. The highest BCUT2D eigenvalue weighted by molar-refractivity contribution is 5.99. The summed E-state index contributed by atoms with van der Waals surface area (Å²) in [6.45, 7) is 4.02. The molecule has 0 saturated carbocycles. The summed E-state index contributed by atoms with van der Waals surface area (Å²) in [5.41, 5.74) is 4.20. The van der Waals surface area contributed by atoms with Gasteiger partial charge in [0.15, 0.2) is 0 Å². The summed E-state index contributed by atoms with van der Waals surface area (Å²) in [6.07, 6.45) is -1.61. The van der Waals surface area contributed by atoms with E-state index in [1.807, 2.05) is 0 Å². The van der Waals surface area contributed by atoms with Crippen molar-refractivity contribution < 1.29 is 18.7 Å². The molecule has 1 heterocycles. The van der Waals surface area contributed by atoms with E-state index in [9.17, 15) is 18.7 Å². The minimum atomic E-state index is -1.61. The summed E-state index contributed by atoms with van der Waals surface area (Å²) in [4.78, 5) is 15.5. The largest absolute Gasteiger partial charge is 0.387 e. The smallest absolute Gasteiger partial charge is 0.252 e. The molecule has 0 aliphatic carbocycles. The fourth-order valence-corrected chi connectivity index (χ4v) is 1.75. The molecular weight excluding hydrogens is 280 g/mol. The zero-order chi connectivity index (χ0) is 16.2. The second kappa shape index (κ2) is 6.80. The number of primary amides is 1. The Balaban J connectivity index is 3.09. The second-order valence-electron chi connectivity index (χ2n) is 5.53. The number of aromatic nitrogens is 1. The minimum absolute atomic E-state index is 0.00567. The van der Waals surface area contributed by atoms with Crippen molar-refractivity contribution >= 4 is 11.6 Å². The highest BCUT2D eigenvalue weighted by Crippen LogP contribution is 2.23. The monoisotopic (exact) mass is 301 g/mol. The quantitative estimate of drug-likeness (QED) is 0.714. The van der Waals surface area contributed by atoms with Crippen molar-refractivity contribution in [3.63, 3.8) is 0 Å². The summed E-state index contributed by atoms with van der Waals surface area (Å²) in [5, 5.41) is 12.4. The molecule has 7 heteroatoms. The average molecular weight is 301 g/mol. The Labute approximate surface area is 122 Å². The van der Waals surface area contributed by atoms with Crippen LogP contribution in [-0.2, 0) is 6.42 Å². The molecule has 1 amide bonds. The van der Waals surface area contributed by atoms with Crippen molar-refractivity contribution in [1.82, 2.24) is 4.98 Å². The Kier molecular flexibility index (Phi) is 5.60. The molecule has 1 aromatic heterocycles. The van der Waals surface area contributed by atoms with Crippen LogP contribution in [0.1, 0.15) is 36.8 Å². The lowest BCUT2D eigenvalue weighted by Gasteiger charge is -2.23. The second-order valence-corrected chi connectivity index (χ2v) is 5.53. The van der Waals surface area contributed by atoms with Crippen molar-refractivity contribution in [2.75, 3.05) is 11.9 Å². The first-order valence-electron chi connectivity index (χ1n) is 6.65. The number of anilines is 1. The maximum absolute atomic E-state index is 14.0. The molecular formula is C14H21F2N3O2. The lowest BCUT2D eigenvalue weighted by Crippen LogP contribution is -2.35. The Morgan fingerprint density at radius 3 is 2.62 bits per heavy atom. The fraction of sp³-hybridized carbons (Fsp3) is 0.571. The van der Waals surface area contributed by atoms with Crippen LogP contribution in [0.15, 0.2) is 12.3 Å². The maximum Gasteiger partial charge on any atom is 0.252 e. The Bertz CT molecular complexity index is 501. The predicted molar refractivity (Wildman–Crippen MR) is 76.7 cm³/mol. The Morgan fingerprint density at radius 1 is 1.52 bits per heavy atom. The van der Waals surface area contributed by atoms with Crippen molar-refractivity contribution in [2.45, 2.75) is 45.1 Å². The zero-order valence-corrected chi connectivity index (χ0v) is 12.4. The number of alkyl halides is 2. The number of hydrogen-bond donors (Lipinski definition) is 3. The number of rotatable bonds is 7. The number of hydrogen-bond acceptors (Lipinski definition) is 4. The van der Waals surface area contributed by atoms with Gasteiger partial charge < -0.3 is 16.2 Å². The highest BCUT2D eigenvalue weighted by Gasteiger charge is 2.29. The van der Waals surface area contributed by atoms with Crippen LogP contribution in [0.3, 0.4) is 0 Å². The predicted octanol–water partition coefficient (Wildman–Crippen LogP) is 1.60. The highest BCUT2D eigenvalue weighted by atomic mass is 19.1. The van der Waals surface area contributed by atoms with Gasteiger partial charge in [0.05, 0.1) is 22.5 Å². The zero-order valence-electron chi connectivity index (χ0n) is 12.4. The van der Waals surface area contributed by atoms with Crippen LogP contribution < -0.4 is 11.1 Å². The Morgan fingerprint density at radius 2 is 2.14 bits per heavy atom. The Hall–Kier alpha value is -1.76. The van der Waals surface area contributed by atoms with E-state index in [2.05, 4.69) is 10.3 Å². The molecule has 118 valence electrons. The van der Waals surface area contributed by atoms with E-state index in [1.165, 1.54) is 33.0 Å². The third kappa shape index (κ3) is 4.93. The third-order valence-corrected chi connectivity index (χ3v) is 2.99. The molecule has 0 aliphatic rings. The van der Waals surface area contributed by atoms with Crippen LogP contribution in [0, 0.1) is 0 Å². The number of aliphatic hydroxyl groups is 1. The number of carbonyl (C=O) groups is 1. The molecule has 1 rings (SSSR count). The number of pyridine rings is 1. The number of nitrogens with zero attached hydrogens (tertiary/aromatic N) is 1. The van der Waals surface area contributed by atoms with Gasteiger partial charge in [-0.15, -0.1) is 0 Å². The van der Waals surface area contributed by atoms with Crippen molar-refractivity contribution in [3.8, 4) is 0 Å². The van der Waals surface area contributed by atoms with Gasteiger partial charge in [-0.3, -0.25) is 9.78 Å². The summed E-state index contributed by atoms with van der Waals surface area (Å²) in [5.74, 6) is -0.782. The van der Waals surface area contributed by atoms with Gasteiger partial charge >= 0.3 is 0 Å². The maximum atomic E-state index is 14.0. The molecule has 5 nitrogen and oxygen atoms in total. The van der Waals surface area contributed by atoms with E-state index in [0.29, 0.717) is 5.69 Å². The van der Waals surface area contributed by atoms with E-state index < -0.39 is 23.9 Å². The first-order chi connectivity index (χ1) is 9.62. The summed E-state index contributed by atoms with van der Waals surface area (Å²) < 4.78 is 26.9. The van der Waals surface area contributed by atoms with Gasteiger partial charge in [0.1, 0.15) is 12.3 Å². The first-order valence-corrected chi connectivity index (χ1v) is 6.65. The number of nitrogens with one attached hydrogen (secondary N) is 1. The molecule has 0 aliphatic heterocycles. The van der Waals surface area contributed by atoms with Gasteiger partial charge in [0, 0.05) is 19.2 Å². The van der Waals surface area contributed by atoms with E-state index in [1.54, 1.807) is 0 Å². The van der Waals surface area contributed by atoms with Crippen molar-refractivity contribution in [1.29, 1.82) is 0 Å². The molecule has 1 aromatic rings. The summed E-state index contributed by atoms with van der Waals surface area (Å²) in [7, 11) is 0. The number of amides is 1. The number of carbonyl (C=O) groups excluding carboxylic acids is 1. The van der Waals surface area contributed by atoms with Crippen LogP contribution in [-0.4, -0.2) is 40.5 Å². The standard InChI is InChI=1S/C14H21F2N3O2/c1-8(15)7-19-9-4-5-18-10(12(9)13(17)20)6-11(16)14(2,3)21/h4-5,8,11,21H,6-7H2,1-3H3,(H2,17,20)(H,18,19)/t8-,11+/m0/s1. The first kappa shape index (κ1) is 17.3. The molecule has 0 spiro atoms. The van der Waals surface area contributed by atoms with Crippen LogP contribution >= 0.6 is 0 Å². The van der Waals surface area contributed by atoms with Gasteiger partial charge in [-0.05, 0) is 26.8 Å². The van der Waals surface area contributed by atoms with Gasteiger partial charge in [-0.2, -0.15) is 0 Å². The van der Waals surface area contributed by atoms with Gasteiger partial charge in [0.25, 0.3) is 5.91 Å². The number of halogens is 2. The summed E-state index contributed by atoms with van der Waals surface area (Å²) >= 11 is 0. The van der Waals surface area contributed by atoms with Crippen molar-refractivity contribution in [3.05, 3.63) is 23.5 Å². The molecule has 0 radical (unpaired) electrons. The van der Waals surface area contributed by atoms with Crippen LogP contribution in [0.25, 0.3) is 0 Å². The van der Waals surface area contributed by atoms with Crippen LogP contribution in [0.2, 0.25) is 0 Å². The van der Waals surface area contributed by atoms with Gasteiger partial charge in [-0.25, -0.2) is 8.78 Å². The molecule has 0 aromatic carbocycles. The van der Waals surface area contributed by atoms with Crippen LogP contribution in [0.5, 0.6) is 0 Å². The van der Waals surface area contributed by atoms with E-state index >= 15 is 0 Å². The topological polar surface area (TPSA) is 88.2 Å². The molecule has 2 atom stereocenters. The van der Waals surface area contributed by atoms with Crippen LogP contribution in [0.4, 0.5) is 14.5 Å². The molecule has 0 fully saturated rings. The third-order valence-electron chi connectivity index (χ3n) is 2.99. The lowest BCUT2D eigenvalue weighted by atomic mass is 9.96. The van der Waals surface area contributed by atoms with E-state index in [0.717, 1.165) is 0 Å². The molecule has 0 bridgehead atoms. The molecule has 0 saturated heterocycles. The minimum Gasteiger partial charge on any atom is -0.387 e. The van der Waals surface area contributed by atoms with Gasteiger partial charge in [-0.1, -0.05) is 0 Å².